The number of rotatable bonds is 15. The highest BCUT2D eigenvalue weighted by atomic mass is 16.4. The number of carboxylic acids is 1. The van der Waals surface area contributed by atoms with Gasteiger partial charge in [-0.15, -0.1) is 0 Å². The summed E-state index contributed by atoms with van der Waals surface area (Å²) in [4.78, 5) is 10.4. The third-order valence-corrected chi connectivity index (χ3v) is 3.98. The molecule has 0 aliphatic heterocycles. The van der Waals surface area contributed by atoms with E-state index in [1.807, 2.05) is 55.5 Å². The van der Waals surface area contributed by atoms with Crippen molar-refractivity contribution in [1.82, 2.24) is 0 Å². The largest absolute Gasteiger partial charge is 0.481 e. The lowest BCUT2D eigenvalue weighted by Crippen LogP contribution is -2.13. The lowest BCUT2D eigenvalue weighted by Gasteiger charge is -2.12. The molecule has 0 saturated carbocycles. The number of aliphatic hydroxyl groups is 2. The Hall–Kier alpha value is -1.91. The summed E-state index contributed by atoms with van der Waals surface area (Å²) >= 11 is 0. The van der Waals surface area contributed by atoms with Crippen LogP contribution in [0.4, 0.5) is 0 Å². The smallest absolute Gasteiger partial charge is 0.303 e. The zero-order valence-corrected chi connectivity index (χ0v) is 16.7. The predicted octanol–water partition coefficient (Wildman–Crippen LogP) is 4.96. The lowest BCUT2D eigenvalue weighted by molar-refractivity contribution is -0.136. The molecule has 27 heavy (non-hydrogen) atoms. The summed E-state index contributed by atoms with van der Waals surface area (Å²) in [5, 5.41) is 28.3. The lowest BCUT2D eigenvalue weighted by atomic mass is 10.00. The molecule has 0 aromatic heterocycles. The van der Waals surface area contributed by atoms with Crippen LogP contribution in [-0.2, 0) is 4.79 Å². The van der Waals surface area contributed by atoms with E-state index in [0.717, 1.165) is 25.7 Å². The molecule has 3 N–H and O–H groups in total. The number of hydrogen-bond donors (Lipinski definition) is 3. The molecule has 0 aliphatic rings. The molecular weight excluding hydrogens is 340 g/mol. The molecule has 0 rings (SSSR count). The predicted molar refractivity (Wildman–Crippen MR) is 113 cm³/mol. The molecule has 4 heteroatoms. The van der Waals surface area contributed by atoms with Crippen LogP contribution in [0.5, 0.6) is 0 Å². The maximum atomic E-state index is 10.4. The Balaban J connectivity index is 3.91. The summed E-state index contributed by atoms with van der Waals surface area (Å²) < 4.78 is 0. The van der Waals surface area contributed by atoms with Gasteiger partial charge in [-0.25, -0.2) is 0 Å². The minimum absolute atomic E-state index is 0.0851. The summed E-state index contributed by atoms with van der Waals surface area (Å²) in [6.45, 7) is 4.04. The van der Waals surface area contributed by atoms with E-state index in [0.29, 0.717) is 12.8 Å². The van der Waals surface area contributed by atoms with Crippen molar-refractivity contribution in [3.63, 3.8) is 0 Å². The third kappa shape index (κ3) is 17.3. The zero-order valence-electron chi connectivity index (χ0n) is 16.7. The summed E-state index contributed by atoms with van der Waals surface area (Å²) in [5.41, 5.74) is 0. The minimum Gasteiger partial charge on any atom is -0.481 e. The second-order valence-electron chi connectivity index (χ2n) is 6.61. The van der Waals surface area contributed by atoms with Gasteiger partial charge in [-0.1, -0.05) is 74.6 Å². The van der Waals surface area contributed by atoms with E-state index < -0.39 is 18.2 Å². The Bertz CT molecular complexity index is 514. The second kappa shape index (κ2) is 17.5. The number of carbonyl (C=O) groups is 1. The molecule has 1 unspecified atom stereocenters. The van der Waals surface area contributed by atoms with Crippen LogP contribution in [0, 0.1) is 5.92 Å². The van der Waals surface area contributed by atoms with Gasteiger partial charge in [0.25, 0.3) is 0 Å². The number of allylic oxidation sites excluding steroid dienone is 7. The topological polar surface area (TPSA) is 77.8 Å². The van der Waals surface area contributed by atoms with Crippen LogP contribution in [0.25, 0.3) is 0 Å². The number of hydrogen-bond acceptors (Lipinski definition) is 3. The van der Waals surface area contributed by atoms with E-state index in [1.165, 1.54) is 0 Å². The maximum absolute atomic E-state index is 10.4. The van der Waals surface area contributed by atoms with E-state index in [9.17, 15) is 15.0 Å². The summed E-state index contributed by atoms with van der Waals surface area (Å²) in [6, 6.07) is 0. The average molecular weight is 377 g/mol. The fourth-order valence-electron chi connectivity index (χ4n) is 2.24. The van der Waals surface area contributed by atoms with Crippen molar-refractivity contribution in [3.05, 3.63) is 60.8 Å². The van der Waals surface area contributed by atoms with Gasteiger partial charge in [0, 0.05) is 6.42 Å². The minimum atomic E-state index is -0.793. The van der Waals surface area contributed by atoms with Crippen LogP contribution in [0.3, 0.4) is 0 Å². The molecule has 0 fully saturated rings. The van der Waals surface area contributed by atoms with E-state index in [1.54, 1.807) is 6.08 Å². The van der Waals surface area contributed by atoms with Crippen molar-refractivity contribution < 1.29 is 20.1 Å². The van der Waals surface area contributed by atoms with Crippen LogP contribution in [-0.4, -0.2) is 33.5 Å². The van der Waals surface area contributed by atoms with E-state index in [2.05, 4.69) is 13.0 Å². The normalized spacial score (nSPS) is 16.3. The van der Waals surface area contributed by atoms with Gasteiger partial charge in [0.05, 0.1) is 12.2 Å². The van der Waals surface area contributed by atoms with Gasteiger partial charge in [-0.05, 0) is 44.4 Å². The van der Waals surface area contributed by atoms with Gasteiger partial charge in [-0.2, -0.15) is 0 Å². The van der Waals surface area contributed by atoms with Crippen LogP contribution >= 0.6 is 0 Å². The molecule has 4 nitrogen and oxygen atoms in total. The highest BCUT2D eigenvalue weighted by Crippen LogP contribution is 2.11. The van der Waals surface area contributed by atoms with Crippen molar-refractivity contribution in [3.8, 4) is 0 Å². The molecular formula is C23H36O4. The first-order chi connectivity index (χ1) is 13.0. The molecule has 0 saturated heterocycles. The summed E-state index contributed by atoms with van der Waals surface area (Å²) in [6.07, 6.45) is 23.1. The van der Waals surface area contributed by atoms with Crippen LogP contribution in [0.2, 0.25) is 0 Å². The summed E-state index contributed by atoms with van der Waals surface area (Å²) in [7, 11) is 0. The van der Waals surface area contributed by atoms with Gasteiger partial charge in [0.15, 0.2) is 0 Å². The van der Waals surface area contributed by atoms with Crippen molar-refractivity contribution in [2.24, 2.45) is 5.92 Å². The molecule has 152 valence electrons. The maximum Gasteiger partial charge on any atom is 0.303 e. The van der Waals surface area contributed by atoms with Crippen LogP contribution < -0.4 is 0 Å². The second-order valence-corrected chi connectivity index (χ2v) is 6.61. The number of carboxylic acid groups (broad SMARTS) is 1. The molecule has 0 amide bonds. The zero-order chi connectivity index (χ0) is 20.3. The number of aliphatic carboxylic acids is 1. The van der Waals surface area contributed by atoms with Crippen molar-refractivity contribution in [1.29, 1.82) is 0 Å². The fraction of sp³-hybridized carbons (Fsp3) is 0.522. The molecule has 3 atom stereocenters. The van der Waals surface area contributed by atoms with Crippen molar-refractivity contribution in [2.75, 3.05) is 0 Å². The van der Waals surface area contributed by atoms with Gasteiger partial charge in [-0.3, -0.25) is 4.79 Å². The molecule has 0 radical (unpaired) electrons. The quantitative estimate of drug-likeness (QED) is 0.214. The van der Waals surface area contributed by atoms with Crippen molar-refractivity contribution in [2.45, 2.75) is 71.0 Å². The first-order valence-electron chi connectivity index (χ1n) is 9.85. The van der Waals surface area contributed by atoms with E-state index in [4.69, 9.17) is 5.11 Å². The number of aliphatic hydroxyl groups excluding tert-OH is 2. The molecule has 0 aromatic carbocycles. The molecule has 0 aliphatic carbocycles. The van der Waals surface area contributed by atoms with Gasteiger partial charge in [0.1, 0.15) is 0 Å². The summed E-state index contributed by atoms with van der Waals surface area (Å²) in [5.74, 6) is -0.708. The Morgan fingerprint density at radius 2 is 1.56 bits per heavy atom. The molecule has 0 spiro atoms. The van der Waals surface area contributed by atoms with E-state index >= 15 is 0 Å². The van der Waals surface area contributed by atoms with Crippen LogP contribution in [0.1, 0.15) is 58.8 Å². The van der Waals surface area contributed by atoms with Gasteiger partial charge < -0.3 is 15.3 Å². The Morgan fingerprint density at radius 3 is 2.26 bits per heavy atom. The Kier molecular flexibility index (Phi) is 16.3. The van der Waals surface area contributed by atoms with Crippen molar-refractivity contribution >= 4 is 5.97 Å². The standard InChI is InChI=1S/C23H36O4/c1-3-4-10-16-21(24)17-12-7-5-6-8-13-18-22(25)20(2)15-11-9-14-19-23(26)27/h4,6,8-13,17-18,20-22,24-25H,3,5,7,14-16,19H2,1-2H3,(H,26,27)/b8-6+,10-4-,11-9-,17-12+,18-13+/t20?,21-,22+/m1/s1. The van der Waals surface area contributed by atoms with Gasteiger partial charge in [0.2, 0.25) is 0 Å². The van der Waals surface area contributed by atoms with Gasteiger partial charge >= 0.3 is 5.97 Å². The van der Waals surface area contributed by atoms with E-state index in [-0.39, 0.29) is 12.3 Å². The monoisotopic (exact) mass is 376 g/mol. The molecule has 0 heterocycles. The molecule has 0 bridgehead atoms. The average Bonchev–Trinajstić information content (AvgIpc) is 2.63. The Morgan fingerprint density at radius 1 is 0.852 bits per heavy atom. The fourth-order valence-corrected chi connectivity index (χ4v) is 2.24. The van der Waals surface area contributed by atoms with Crippen LogP contribution in [0.15, 0.2) is 60.8 Å². The number of unbranched alkanes of at least 4 members (excludes halogenated alkanes) is 1. The third-order valence-electron chi connectivity index (χ3n) is 3.98. The molecule has 0 aromatic rings. The highest BCUT2D eigenvalue weighted by molar-refractivity contribution is 5.66. The first kappa shape index (κ1) is 25.1. The Labute approximate surface area is 164 Å². The SMILES string of the molecule is CC/C=C\C[C@@H](O)/C=C/CC/C=C/C=C/[C@H](O)C(C)C/C=C\CCC(=O)O. The highest BCUT2D eigenvalue weighted by Gasteiger charge is 2.08. The first-order valence-corrected chi connectivity index (χ1v) is 9.85.